The average molecular weight is 364 g/mol. The SMILES string of the molecule is Cc1ccc([N+](=O)[O-])cc1S(=O)(=O)N1CCCCC1C(C)N.Cl. The van der Waals surface area contributed by atoms with E-state index in [1.165, 1.54) is 16.4 Å². The van der Waals surface area contributed by atoms with Gasteiger partial charge in [-0.2, -0.15) is 4.31 Å². The number of hydrogen-bond acceptors (Lipinski definition) is 5. The molecule has 23 heavy (non-hydrogen) atoms. The molecule has 2 unspecified atom stereocenters. The van der Waals surface area contributed by atoms with E-state index in [1.807, 2.05) is 0 Å². The largest absolute Gasteiger partial charge is 0.326 e. The van der Waals surface area contributed by atoms with E-state index in [2.05, 4.69) is 0 Å². The van der Waals surface area contributed by atoms with Gasteiger partial charge in [0.2, 0.25) is 10.0 Å². The topological polar surface area (TPSA) is 107 Å². The molecule has 0 bridgehead atoms. The van der Waals surface area contributed by atoms with Gasteiger partial charge in [0.15, 0.2) is 0 Å². The molecule has 0 spiro atoms. The normalized spacial score (nSPS) is 20.6. The lowest BCUT2D eigenvalue weighted by Crippen LogP contribution is -2.51. The molecule has 2 N–H and O–H groups in total. The van der Waals surface area contributed by atoms with Crippen molar-refractivity contribution in [2.75, 3.05) is 6.54 Å². The van der Waals surface area contributed by atoms with Gasteiger partial charge < -0.3 is 5.73 Å². The van der Waals surface area contributed by atoms with Crippen molar-refractivity contribution in [3.63, 3.8) is 0 Å². The second kappa shape index (κ2) is 7.57. The van der Waals surface area contributed by atoms with Crippen LogP contribution in [-0.2, 0) is 10.0 Å². The molecule has 1 aromatic carbocycles. The van der Waals surface area contributed by atoms with Gasteiger partial charge in [0.05, 0.1) is 9.82 Å². The third-order valence-corrected chi connectivity index (χ3v) is 6.14. The van der Waals surface area contributed by atoms with E-state index in [9.17, 15) is 18.5 Å². The zero-order chi connectivity index (χ0) is 16.5. The summed E-state index contributed by atoms with van der Waals surface area (Å²) in [4.78, 5) is 10.3. The van der Waals surface area contributed by atoms with Crippen LogP contribution < -0.4 is 5.73 Å². The number of halogens is 1. The van der Waals surface area contributed by atoms with Crippen molar-refractivity contribution in [2.24, 2.45) is 5.73 Å². The van der Waals surface area contributed by atoms with Crippen LogP contribution in [0.5, 0.6) is 0 Å². The van der Waals surface area contributed by atoms with Crippen molar-refractivity contribution in [3.8, 4) is 0 Å². The molecule has 9 heteroatoms. The molecule has 1 aliphatic rings. The summed E-state index contributed by atoms with van der Waals surface area (Å²) in [6.45, 7) is 3.83. The Hall–Kier alpha value is -1.22. The van der Waals surface area contributed by atoms with Gasteiger partial charge in [0.25, 0.3) is 5.69 Å². The lowest BCUT2D eigenvalue weighted by atomic mass is 10.00. The first-order valence-electron chi connectivity index (χ1n) is 7.27. The lowest BCUT2D eigenvalue weighted by molar-refractivity contribution is -0.385. The summed E-state index contributed by atoms with van der Waals surface area (Å²) in [5, 5.41) is 10.9. The van der Waals surface area contributed by atoms with Gasteiger partial charge in [0.1, 0.15) is 0 Å². The second-order valence-electron chi connectivity index (χ2n) is 5.74. The number of nitro benzene ring substituents is 1. The van der Waals surface area contributed by atoms with Crippen LogP contribution in [0.3, 0.4) is 0 Å². The molecule has 0 saturated carbocycles. The van der Waals surface area contributed by atoms with Crippen molar-refractivity contribution in [1.29, 1.82) is 0 Å². The summed E-state index contributed by atoms with van der Waals surface area (Å²) in [6, 6.07) is 3.37. The minimum Gasteiger partial charge on any atom is -0.326 e. The molecule has 1 aromatic rings. The van der Waals surface area contributed by atoms with Crippen LogP contribution in [0.15, 0.2) is 23.1 Å². The Morgan fingerprint density at radius 1 is 1.39 bits per heavy atom. The number of rotatable bonds is 4. The van der Waals surface area contributed by atoms with Gasteiger partial charge in [-0.25, -0.2) is 8.42 Å². The number of sulfonamides is 1. The van der Waals surface area contributed by atoms with Gasteiger partial charge >= 0.3 is 0 Å². The summed E-state index contributed by atoms with van der Waals surface area (Å²) >= 11 is 0. The van der Waals surface area contributed by atoms with Crippen molar-refractivity contribution in [3.05, 3.63) is 33.9 Å². The predicted octanol–water partition coefficient (Wildman–Crippen LogP) is 2.22. The van der Waals surface area contributed by atoms with E-state index in [4.69, 9.17) is 5.73 Å². The minimum absolute atomic E-state index is 0. The summed E-state index contributed by atoms with van der Waals surface area (Å²) in [7, 11) is -3.79. The summed E-state index contributed by atoms with van der Waals surface area (Å²) < 4.78 is 27.3. The molecule has 1 heterocycles. The van der Waals surface area contributed by atoms with Crippen LogP contribution in [0.2, 0.25) is 0 Å². The van der Waals surface area contributed by atoms with Gasteiger partial charge in [-0.3, -0.25) is 10.1 Å². The van der Waals surface area contributed by atoms with Crippen molar-refractivity contribution < 1.29 is 13.3 Å². The Balaban J connectivity index is 0.00000264. The van der Waals surface area contributed by atoms with Crippen LogP contribution in [0.25, 0.3) is 0 Å². The fraction of sp³-hybridized carbons (Fsp3) is 0.571. The smallest absolute Gasteiger partial charge is 0.270 e. The Kier molecular flexibility index (Phi) is 6.52. The summed E-state index contributed by atoms with van der Waals surface area (Å²) in [6.07, 6.45) is 2.42. The monoisotopic (exact) mass is 363 g/mol. The highest BCUT2D eigenvalue weighted by atomic mass is 35.5. The van der Waals surface area contributed by atoms with Gasteiger partial charge in [-0.05, 0) is 32.3 Å². The molecule has 2 atom stereocenters. The Labute approximate surface area is 142 Å². The molecule has 1 saturated heterocycles. The maximum Gasteiger partial charge on any atom is 0.270 e. The Bertz CT molecular complexity index is 679. The fourth-order valence-electron chi connectivity index (χ4n) is 2.86. The van der Waals surface area contributed by atoms with Crippen molar-refractivity contribution >= 4 is 28.1 Å². The van der Waals surface area contributed by atoms with Crippen LogP contribution >= 0.6 is 12.4 Å². The highest BCUT2D eigenvalue weighted by Crippen LogP contribution is 2.30. The van der Waals surface area contributed by atoms with Gasteiger partial charge in [-0.15, -0.1) is 12.4 Å². The Morgan fingerprint density at radius 3 is 2.61 bits per heavy atom. The summed E-state index contributed by atoms with van der Waals surface area (Å²) in [5.41, 5.74) is 6.21. The molecule has 0 aliphatic carbocycles. The molecule has 0 radical (unpaired) electrons. The number of nitrogens with zero attached hydrogens (tertiary/aromatic N) is 2. The van der Waals surface area contributed by atoms with E-state index in [-0.39, 0.29) is 35.1 Å². The van der Waals surface area contributed by atoms with E-state index < -0.39 is 14.9 Å². The third kappa shape index (κ3) is 4.00. The highest BCUT2D eigenvalue weighted by Gasteiger charge is 2.36. The molecule has 1 aliphatic heterocycles. The first-order chi connectivity index (χ1) is 10.2. The molecular formula is C14H22ClN3O4S. The molecule has 130 valence electrons. The number of nitrogens with two attached hydrogens (primary N) is 1. The maximum absolute atomic E-state index is 12.9. The predicted molar refractivity (Wildman–Crippen MR) is 90.3 cm³/mol. The number of hydrogen-bond donors (Lipinski definition) is 1. The molecule has 1 fully saturated rings. The number of benzene rings is 1. The zero-order valence-electron chi connectivity index (χ0n) is 13.1. The number of piperidine rings is 1. The van der Waals surface area contributed by atoms with Crippen LogP contribution in [0, 0.1) is 17.0 Å². The van der Waals surface area contributed by atoms with Gasteiger partial charge in [-0.1, -0.05) is 12.5 Å². The number of non-ortho nitro benzene ring substituents is 1. The number of aryl methyl sites for hydroxylation is 1. The fourth-order valence-corrected chi connectivity index (χ4v) is 4.88. The second-order valence-corrected chi connectivity index (χ2v) is 7.60. The quantitative estimate of drug-likeness (QED) is 0.652. The number of nitro groups is 1. The van der Waals surface area contributed by atoms with E-state index in [1.54, 1.807) is 13.8 Å². The first kappa shape index (κ1) is 19.8. The zero-order valence-corrected chi connectivity index (χ0v) is 14.8. The lowest BCUT2D eigenvalue weighted by Gasteiger charge is -2.37. The minimum atomic E-state index is -3.79. The molecule has 7 nitrogen and oxygen atoms in total. The molecular weight excluding hydrogens is 342 g/mol. The molecule has 0 aromatic heterocycles. The van der Waals surface area contributed by atoms with Crippen LogP contribution in [0.4, 0.5) is 5.69 Å². The van der Waals surface area contributed by atoms with Gasteiger partial charge in [0, 0.05) is 30.8 Å². The van der Waals surface area contributed by atoms with Crippen molar-refractivity contribution in [2.45, 2.75) is 50.1 Å². The van der Waals surface area contributed by atoms with E-state index >= 15 is 0 Å². The Morgan fingerprint density at radius 2 is 2.04 bits per heavy atom. The van der Waals surface area contributed by atoms with Crippen molar-refractivity contribution in [1.82, 2.24) is 4.31 Å². The van der Waals surface area contributed by atoms with Crippen LogP contribution in [0.1, 0.15) is 31.7 Å². The summed E-state index contributed by atoms with van der Waals surface area (Å²) in [5.74, 6) is 0. The standard InChI is InChI=1S/C14H21N3O4S.ClH/c1-10-6-7-12(17(18)19)9-14(10)22(20,21)16-8-4-3-5-13(16)11(2)15;/h6-7,9,11,13H,3-5,8,15H2,1-2H3;1H. The first-order valence-corrected chi connectivity index (χ1v) is 8.71. The van der Waals surface area contributed by atoms with E-state index in [0.717, 1.165) is 18.9 Å². The highest BCUT2D eigenvalue weighted by molar-refractivity contribution is 7.89. The third-order valence-electron chi connectivity index (χ3n) is 4.07. The van der Waals surface area contributed by atoms with Crippen LogP contribution in [-0.4, -0.2) is 36.3 Å². The van der Waals surface area contributed by atoms with E-state index in [0.29, 0.717) is 18.5 Å². The average Bonchev–Trinajstić information content (AvgIpc) is 2.47. The molecule has 2 rings (SSSR count). The maximum atomic E-state index is 12.9. The molecule has 0 amide bonds.